The van der Waals surface area contributed by atoms with E-state index in [2.05, 4.69) is 123 Å². The fourth-order valence-corrected chi connectivity index (χ4v) is 9.26. The third-order valence-corrected chi connectivity index (χ3v) is 12.1. The lowest BCUT2D eigenvalue weighted by Gasteiger charge is -2.16. The number of aromatic nitrogens is 7. The van der Waals surface area contributed by atoms with Crippen LogP contribution in [-0.4, -0.2) is 47.0 Å². The van der Waals surface area contributed by atoms with Crippen LogP contribution in [0.15, 0.2) is 198 Å². The van der Waals surface area contributed by atoms with Gasteiger partial charge in [0.2, 0.25) is 0 Å². The molecule has 12 aromatic rings. The second-order valence-electron chi connectivity index (χ2n) is 15.8. The standard InChI is InChI=1S/C56H37N9/c1-3-58-53-50(30-27-41(51(53)57-2)56-62-54(35-15-6-4-7-16-35)61-55(63-56)36-17-8-5-9-18-36)65-46-23-13-11-20-40(46)43-34-38(26-29-48(43)65)37-25-28-47-42(33-37)39-19-10-12-22-45(39)64(47)49-24-14-21-44-52(49)60-32-31-59-44/h3-34H,2H2,1H3. The number of benzene rings is 8. The Bertz CT molecular complexity index is 3800. The van der Waals surface area contributed by atoms with Crippen molar-refractivity contribution in [1.82, 2.24) is 34.1 Å². The molecule has 0 fully saturated rings. The summed E-state index contributed by atoms with van der Waals surface area (Å²) in [5.41, 5.74) is 13.8. The Kier molecular flexibility index (Phi) is 8.98. The maximum absolute atomic E-state index is 5.03. The first-order valence-corrected chi connectivity index (χ1v) is 21.4. The van der Waals surface area contributed by atoms with Crippen molar-refractivity contribution in [2.24, 2.45) is 9.98 Å². The van der Waals surface area contributed by atoms with Crippen LogP contribution in [0.4, 0.5) is 11.4 Å². The Balaban J connectivity index is 1.02. The van der Waals surface area contributed by atoms with Crippen LogP contribution in [0.2, 0.25) is 0 Å². The highest BCUT2D eigenvalue weighted by Crippen LogP contribution is 2.45. The zero-order valence-electron chi connectivity index (χ0n) is 35.2. The van der Waals surface area contributed by atoms with Gasteiger partial charge in [-0.3, -0.25) is 20.0 Å². The highest BCUT2D eigenvalue weighted by Gasteiger charge is 2.23. The maximum Gasteiger partial charge on any atom is 0.166 e. The van der Waals surface area contributed by atoms with E-state index in [9.17, 15) is 0 Å². The molecule has 9 nitrogen and oxygen atoms in total. The van der Waals surface area contributed by atoms with Gasteiger partial charge in [-0.15, -0.1) is 0 Å². The Morgan fingerprint density at radius 2 is 0.985 bits per heavy atom. The highest BCUT2D eigenvalue weighted by atomic mass is 15.1. The molecule has 0 atom stereocenters. The molecule has 65 heavy (non-hydrogen) atoms. The van der Waals surface area contributed by atoms with Crippen LogP contribution < -0.4 is 0 Å². The first-order chi connectivity index (χ1) is 32.2. The SMILES string of the molecule is C=Nc1c(-c2nc(-c3ccccc3)nc(-c3ccccc3)n2)ccc(-n2c3ccccc3c3cc(-c4ccc5c(c4)c4ccccc4n5-c4cccc5nccnc45)ccc32)c1N=CC. The van der Waals surface area contributed by atoms with Gasteiger partial charge in [0.15, 0.2) is 17.5 Å². The third-order valence-electron chi connectivity index (χ3n) is 12.1. The molecule has 306 valence electrons. The molecule has 0 radical (unpaired) electrons. The van der Waals surface area contributed by atoms with E-state index in [0.717, 1.165) is 82.9 Å². The van der Waals surface area contributed by atoms with Crippen molar-refractivity contribution in [2.75, 3.05) is 0 Å². The summed E-state index contributed by atoms with van der Waals surface area (Å²) in [6.07, 6.45) is 5.29. The van der Waals surface area contributed by atoms with Gasteiger partial charge in [-0.2, -0.15) is 0 Å². The van der Waals surface area contributed by atoms with Crippen molar-refractivity contribution in [2.45, 2.75) is 6.92 Å². The lowest BCUT2D eigenvalue weighted by atomic mass is 10.0. The fourth-order valence-electron chi connectivity index (χ4n) is 9.26. The van der Waals surface area contributed by atoms with E-state index in [0.29, 0.717) is 34.4 Å². The number of fused-ring (bicyclic) bond motifs is 7. The van der Waals surface area contributed by atoms with Gasteiger partial charge in [0.1, 0.15) is 16.9 Å². The number of para-hydroxylation sites is 3. The van der Waals surface area contributed by atoms with E-state index in [1.807, 2.05) is 85.8 Å². The monoisotopic (exact) mass is 835 g/mol. The van der Waals surface area contributed by atoms with Crippen molar-refractivity contribution in [3.05, 3.63) is 188 Å². The zero-order chi connectivity index (χ0) is 43.4. The molecule has 0 spiro atoms. The van der Waals surface area contributed by atoms with Crippen LogP contribution in [0.1, 0.15) is 6.92 Å². The summed E-state index contributed by atoms with van der Waals surface area (Å²) < 4.78 is 4.58. The minimum Gasteiger partial charge on any atom is -0.307 e. The number of hydrogen-bond donors (Lipinski definition) is 0. The molecular weight excluding hydrogens is 799 g/mol. The van der Waals surface area contributed by atoms with Crippen molar-refractivity contribution < 1.29 is 0 Å². The third kappa shape index (κ3) is 6.20. The molecule has 9 heteroatoms. The van der Waals surface area contributed by atoms with E-state index < -0.39 is 0 Å². The number of hydrogen-bond acceptors (Lipinski definition) is 7. The summed E-state index contributed by atoms with van der Waals surface area (Å²) in [5.74, 6) is 1.62. The normalized spacial score (nSPS) is 11.8. The Labute approximate surface area is 373 Å². The second-order valence-corrected chi connectivity index (χ2v) is 15.8. The van der Waals surface area contributed by atoms with Crippen molar-refractivity contribution >= 4 is 79.0 Å². The van der Waals surface area contributed by atoms with Gasteiger partial charge in [0.05, 0.1) is 39.0 Å². The van der Waals surface area contributed by atoms with E-state index in [1.165, 1.54) is 5.39 Å². The Hall–Kier alpha value is -8.95. The van der Waals surface area contributed by atoms with Crippen LogP contribution in [0, 0.1) is 0 Å². The van der Waals surface area contributed by atoms with E-state index in [4.69, 9.17) is 24.9 Å². The predicted octanol–water partition coefficient (Wildman–Crippen LogP) is 13.7. The average molecular weight is 836 g/mol. The van der Waals surface area contributed by atoms with Gasteiger partial charge in [-0.05, 0) is 85.4 Å². The van der Waals surface area contributed by atoms with Crippen LogP contribution in [0.3, 0.4) is 0 Å². The molecule has 4 aromatic heterocycles. The van der Waals surface area contributed by atoms with Gasteiger partial charge in [0, 0.05) is 56.8 Å². The number of aliphatic imine (C=N–C) groups is 2. The Morgan fingerprint density at radius 3 is 1.58 bits per heavy atom. The molecule has 0 aliphatic rings. The molecule has 0 aliphatic carbocycles. The van der Waals surface area contributed by atoms with E-state index in [1.54, 1.807) is 18.6 Å². The lowest BCUT2D eigenvalue weighted by molar-refractivity contribution is 1.07. The van der Waals surface area contributed by atoms with Crippen LogP contribution in [0.5, 0.6) is 0 Å². The summed E-state index contributed by atoms with van der Waals surface area (Å²) in [7, 11) is 0. The predicted molar refractivity (Wildman–Crippen MR) is 266 cm³/mol. The molecule has 0 amide bonds. The van der Waals surface area contributed by atoms with E-state index in [-0.39, 0.29) is 0 Å². The maximum atomic E-state index is 5.03. The van der Waals surface area contributed by atoms with Crippen LogP contribution >= 0.6 is 0 Å². The summed E-state index contributed by atoms with van der Waals surface area (Å²) in [6.45, 7) is 5.99. The average Bonchev–Trinajstić information content (AvgIpc) is 3.88. The van der Waals surface area contributed by atoms with Gasteiger partial charge in [-0.25, -0.2) is 15.0 Å². The molecular formula is C56H37N9. The van der Waals surface area contributed by atoms with Gasteiger partial charge in [0.25, 0.3) is 0 Å². The molecule has 0 saturated carbocycles. The van der Waals surface area contributed by atoms with Gasteiger partial charge in [-0.1, -0.05) is 115 Å². The molecule has 8 aromatic carbocycles. The summed E-state index contributed by atoms with van der Waals surface area (Å²) in [6, 6.07) is 60.8. The van der Waals surface area contributed by atoms with E-state index >= 15 is 0 Å². The zero-order valence-corrected chi connectivity index (χ0v) is 35.2. The smallest absolute Gasteiger partial charge is 0.166 e. The molecule has 0 aliphatic heterocycles. The molecule has 4 heterocycles. The number of nitrogens with zero attached hydrogens (tertiary/aromatic N) is 9. The van der Waals surface area contributed by atoms with Crippen LogP contribution in [-0.2, 0) is 0 Å². The largest absolute Gasteiger partial charge is 0.307 e. The quantitative estimate of drug-likeness (QED) is 0.142. The molecule has 0 unspecified atom stereocenters. The summed E-state index contributed by atoms with van der Waals surface area (Å²) in [4.78, 5) is 34.0. The van der Waals surface area contributed by atoms with Crippen LogP contribution in [0.25, 0.3) is 111 Å². The van der Waals surface area contributed by atoms with Crippen molar-refractivity contribution in [1.29, 1.82) is 0 Å². The van der Waals surface area contributed by atoms with Crippen molar-refractivity contribution in [3.8, 4) is 56.7 Å². The first-order valence-electron chi connectivity index (χ1n) is 21.4. The highest BCUT2D eigenvalue weighted by molar-refractivity contribution is 6.13. The Morgan fingerprint density at radius 1 is 0.446 bits per heavy atom. The summed E-state index contributed by atoms with van der Waals surface area (Å²) in [5, 5.41) is 4.58. The molecule has 0 bridgehead atoms. The molecule has 0 N–H and O–H groups in total. The van der Waals surface area contributed by atoms with Gasteiger partial charge < -0.3 is 9.13 Å². The number of rotatable bonds is 8. The van der Waals surface area contributed by atoms with Gasteiger partial charge >= 0.3 is 0 Å². The minimum absolute atomic E-state index is 0.483. The van der Waals surface area contributed by atoms with Crippen molar-refractivity contribution in [3.63, 3.8) is 0 Å². The second kappa shape index (κ2) is 15.4. The lowest BCUT2D eigenvalue weighted by Crippen LogP contribution is -2.01. The minimum atomic E-state index is 0.483. The first kappa shape index (κ1) is 37.8. The summed E-state index contributed by atoms with van der Waals surface area (Å²) >= 11 is 0. The molecule has 12 rings (SSSR count). The molecule has 0 saturated heterocycles. The topological polar surface area (TPSA) is 99.0 Å². The fraction of sp³-hybridized carbons (Fsp3) is 0.0179.